The molecule has 1 atom stereocenters. The van der Waals surface area contributed by atoms with Crippen LogP contribution < -0.4 is 15.8 Å². The third kappa shape index (κ3) is 6.54. The van der Waals surface area contributed by atoms with E-state index in [0.29, 0.717) is 24.8 Å². The number of ether oxygens (including phenoxy) is 1. The first kappa shape index (κ1) is 20.0. The predicted octanol–water partition coefficient (Wildman–Crippen LogP) is 1.92. The van der Waals surface area contributed by atoms with Gasteiger partial charge in [-0.15, -0.1) is 0 Å². The van der Waals surface area contributed by atoms with E-state index in [2.05, 4.69) is 22.1 Å². The summed E-state index contributed by atoms with van der Waals surface area (Å²) in [6, 6.07) is 3.87. The van der Waals surface area contributed by atoms with Crippen LogP contribution in [-0.2, 0) is 11.3 Å². The first-order valence-corrected chi connectivity index (χ1v) is 9.41. The molecule has 1 aliphatic heterocycles. The van der Waals surface area contributed by atoms with Gasteiger partial charge in [0.25, 0.3) is 0 Å². The van der Waals surface area contributed by atoms with Crippen LogP contribution in [0.15, 0.2) is 23.3 Å². The number of aromatic nitrogens is 1. The monoisotopic (exact) mass is 361 g/mol. The molecule has 0 saturated carbocycles. The summed E-state index contributed by atoms with van der Waals surface area (Å²) in [6.07, 6.45) is 4.44. The summed E-state index contributed by atoms with van der Waals surface area (Å²) in [7, 11) is 0. The van der Waals surface area contributed by atoms with Gasteiger partial charge in [0, 0.05) is 38.3 Å². The SMILES string of the molecule is CCNC(=NCc1ccc(OC(C)C)nc1)N1CCCC(CC(N)=O)C1. The van der Waals surface area contributed by atoms with Crippen LogP contribution in [0.4, 0.5) is 0 Å². The van der Waals surface area contributed by atoms with Crippen molar-refractivity contribution in [2.24, 2.45) is 16.6 Å². The number of nitrogens with two attached hydrogens (primary N) is 1. The average Bonchev–Trinajstić information content (AvgIpc) is 2.59. The fraction of sp³-hybridized carbons (Fsp3) is 0.632. The molecule has 0 bridgehead atoms. The summed E-state index contributed by atoms with van der Waals surface area (Å²) < 4.78 is 5.57. The second kappa shape index (κ2) is 9.99. The Labute approximate surface area is 156 Å². The Bertz CT molecular complexity index is 600. The van der Waals surface area contributed by atoms with Gasteiger partial charge in [-0.2, -0.15) is 0 Å². The number of primary amides is 1. The van der Waals surface area contributed by atoms with E-state index in [9.17, 15) is 4.79 Å². The van der Waals surface area contributed by atoms with Gasteiger partial charge in [-0.05, 0) is 45.1 Å². The quantitative estimate of drug-likeness (QED) is 0.572. The number of hydrogen-bond acceptors (Lipinski definition) is 4. The van der Waals surface area contributed by atoms with Crippen LogP contribution in [0.2, 0.25) is 0 Å². The zero-order chi connectivity index (χ0) is 18.9. The minimum Gasteiger partial charge on any atom is -0.475 e. The standard InChI is InChI=1S/C19H31N5O2/c1-4-21-19(24-9-5-6-15(13-24)10-17(20)25)23-12-16-7-8-18(22-11-16)26-14(2)3/h7-8,11,14-15H,4-6,9-10,12-13H2,1-3H3,(H2,20,25)(H,21,23). The van der Waals surface area contributed by atoms with Crippen LogP contribution in [0.25, 0.3) is 0 Å². The number of nitrogens with zero attached hydrogens (tertiary/aromatic N) is 3. The number of pyridine rings is 1. The fourth-order valence-corrected chi connectivity index (χ4v) is 3.12. The first-order chi connectivity index (χ1) is 12.5. The summed E-state index contributed by atoms with van der Waals surface area (Å²) in [4.78, 5) is 22.5. The van der Waals surface area contributed by atoms with E-state index >= 15 is 0 Å². The second-order valence-electron chi connectivity index (χ2n) is 6.97. The summed E-state index contributed by atoms with van der Waals surface area (Å²) >= 11 is 0. The zero-order valence-corrected chi connectivity index (χ0v) is 16.1. The van der Waals surface area contributed by atoms with Crippen LogP contribution in [-0.4, -0.2) is 47.5 Å². The summed E-state index contributed by atoms with van der Waals surface area (Å²) in [5, 5.41) is 3.35. The molecule has 1 aliphatic rings. The predicted molar refractivity (Wildman–Crippen MR) is 103 cm³/mol. The second-order valence-corrected chi connectivity index (χ2v) is 6.97. The number of carbonyl (C=O) groups is 1. The normalized spacial score (nSPS) is 18.1. The summed E-state index contributed by atoms with van der Waals surface area (Å²) in [6.45, 7) is 9.12. The zero-order valence-electron chi connectivity index (χ0n) is 16.1. The number of rotatable bonds is 7. The molecule has 2 heterocycles. The molecule has 0 spiro atoms. The van der Waals surface area contributed by atoms with Crippen molar-refractivity contribution in [3.63, 3.8) is 0 Å². The van der Waals surface area contributed by atoms with Crippen molar-refractivity contribution < 1.29 is 9.53 Å². The molecule has 1 fully saturated rings. The van der Waals surface area contributed by atoms with E-state index in [1.807, 2.05) is 26.0 Å². The molecular weight excluding hydrogens is 330 g/mol. The fourth-order valence-electron chi connectivity index (χ4n) is 3.12. The van der Waals surface area contributed by atoms with Crippen LogP contribution in [0.3, 0.4) is 0 Å². The van der Waals surface area contributed by atoms with Gasteiger partial charge in [0.1, 0.15) is 0 Å². The van der Waals surface area contributed by atoms with Gasteiger partial charge in [-0.1, -0.05) is 6.07 Å². The number of carbonyl (C=O) groups excluding carboxylic acids is 1. The molecule has 2 rings (SSSR count). The van der Waals surface area contributed by atoms with Gasteiger partial charge in [-0.3, -0.25) is 4.79 Å². The topological polar surface area (TPSA) is 92.8 Å². The lowest BCUT2D eigenvalue weighted by Crippen LogP contribution is -2.47. The molecule has 1 aromatic rings. The Balaban J connectivity index is 2.00. The molecule has 144 valence electrons. The van der Waals surface area contributed by atoms with E-state index in [-0.39, 0.29) is 12.0 Å². The average molecular weight is 361 g/mol. The van der Waals surface area contributed by atoms with E-state index in [4.69, 9.17) is 15.5 Å². The highest BCUT2D eigenvalue weighted by molar-refractivity contribution is 5.80. The molecule has 3 N–H and O–H groups in total. The van der Waals surface area contributed by atoms with Crippen molar-refractivity contribution in [3.05, 3.63) is 23.9 Å². The first-order valence-electron chi connectivity index (χ1n) is 9.41. The Hall–Kier alpha value is -2.31. The Kier molecular flexibility index (Phi) is 7.69. The van der Waals surface area contributed by atoms with Gasteiger partial charge < -0.3 is 20.7 Å². The van der Waals surface area contributed by atoms with E-state index in [0.717, 1.165) is 44.0 Å². The van der Waals surface area contributed by atoms with Crippen molar-refractivity contribution in [3.8, 4) is 5.88 Å². The molecule has 0 aliphatic carbocycles. The maximum absolute atomic E-state index is 11.2. The lowest BCUT2D eigenvalue weighted by atomic mass is 9.95. The number of amides is 1. The van der Waals surface area contributed by atoms with Crippen molar-refractivity contribution in [2.75, 3.05) is 19.6 Å². The third-order valence-electron chi connectivity index (χ3n) is 4.21. The maximum Gasteiger partial charge on any atom is 0.217 e. The number of nitrogens with one attached hydrogen (secondary N) is 1. The molecular formula is C19H31N5O2. The maximum atomic E-state index is 11.2. The minimum atomic E-state index is -0.228. The van der Waals surface area contributed by atoms with Gasteiger partial charge in [0.05, 0.1) is 12.6 Å². The Morgan fingerprint density at radius 1 is 1.50 bits per heavy atom. The third-order valence-corrected chi connectivity index (χ3v) is 4.21. The lowest BCUT2D eigenvalue weighted by molar-refractivity contribution is -0.119. The van der Waals surface area contributed by atoms with Gasteiger partial charge in [-0.25, -0.2) is 9.98 Å². The molecule has 1 unspecified atom stereocenters. The molecule has 26 heavy (non-hydrogen) atoms. The van der Waals surface area contributed by atoms with Crippen LogP contribution in [0.5, 0.6) is 5.88 Å². The Morgan fingerprint density at radius 3 is 2.92 bits per heavy atom. The van der Waals surface area contributed by atoms with Gasteiger partial charge in [0.2, 0.25) is 11.8 Å². The van der Waals surface area contributed by atoms with Crippen molar-refractivity contribution in [1.82, 2.24) is 15.2 Å². The van der Waals surface area contributed by atoms with Crippen molar-refractivity contribution in [1.29, 1.82) is 0 Å². The number of aliphatic imine (C=N–C) groups is 1. The number of likely N-dealkylation sites (tertiary alicyclic amines) is 1. The largest absolute Gasteiger partial charge is 0.475 e. The van der Waals surface area contributed by atoms with Crippen LogP contribution in [0, 0.1) is 5.92 Å². The molecule has 1 saturated heterocycles. The molecule has 1 aromatic heterocycles. The highest BCUT2D eigenvalue weighted by atomic mass is 16.5. The van der Waals surface area contributed by atoms with E-state index in [1.165, 1.54) is 0 Å². The van der Waals surface area contributed by atoms with Crippen LogP contribution >= 0.6 is 0 Å². The molecule has 7 heteroatoms. The smallest absolute Gasteiger partial charge is 0.217 e. The van der Waals surface area contributed by atoms with Gasteiger partial charge in [0.15, 0.2) is 5.96 Å². The van der Waals surface area contributed by atoms with Crippen molar-refractivity contribution >= 4 is 11.9 Å². The molecule has 7 nitrogen and oxygen atoms in total. The number of piperidine rings is 1. The van der Waals surface area contributed by atoms with Crippen LogP contribution in [0.1, 0.15) is 45.6 Å². The highest BCUT2D eigenvalue weighted by Crippen LogP contribution is 2.19. The minimum absolute atomic E-state index is 0.110. The number of guanidine groups is 1. The lowest BCUT2D eigenvalue weighted by Gasteiger charge is -2.34. The molecule has 1 amide bonds. The van der Waals surface area contributed by atoms with E-state index in [1.54, 1.807) is 6.20 Å². The highest BCUT2D eigenvalue weighted by Gasteiger charge is 2.23. The molecule has 0 radical (unpaired) electrons. The molecule has 0 aromatic carbocycles. The Morgan fingerprint density at radius 2 is 2.31 bits per heavy atom. The van der Waals surface area contributed by atoms with Crippen molar-refractivity contribution in [2.45, 2.75) is 52.7 Å². The number of hydrogen-bond donors (Lipinski definition) is 2. The summed E-state index contributed by atoms with van der Waals surface area (Å²) in [5.74, 6) is 1.59. The van der Waals surface area contributed by atoms with E-state index < -0.39 is 0 Å². The van der Waals surface area contributed by atoms with Gasteiger partial charge >= 0.3 is 0 Å². The summed E-state index contributed by atoms with van der Waals surface area (Å²) in [5.41, 5.74) is 6.39.